The van der Waals surface area contributed by atoms with Gasteiger partial charge in [-0.3, -0.25) is 4.90 Å². The zero-order chi connectivity index (χ0) is 30.9. The van der Waals surface area contributed by atoms with E-state index in [2.05, 4.69) is 54.9 Å². The number of likely N-dealkylation sites (tertiary alicyclic amines) is 1. The van der Waals surface area contributed by atoms with E-state index >= 15 is 0 Å². The van der Waals surface area contributed by atoms with Crippen LogP contribution in [0.1, 0.15) is 46.1 Å². The maximum absolute atomic E-state index is 15.0. The number of nitrogens with zero attached hydrogens (tertiary/aromatic N) is 4. The number of aromatic nitrogens is 2. The van der Waals surface area contributed by atoms with E-state index in [-0.39, 0.29) is 36.2 Å². The summed E-state index contributed by atoms with van der Waals surface area (Å²) in [7, 11) is 3.69. The fourth-order valence-electron chi connectivity index (χ4n) is 5.70. The number of benzene rings is 2. The topological polar surface area (TPSA) is 89.0 Å². The lowest BCUT2D eigenvalue weighted by Crippen LogP contribution is -2.47. The molecule has 1 unspecified atom stereocenters. The molecule has 3 aromatic rings. The molecule has 1 aromatic heterocycles. The first kappa shape index (κ1) is 32.0. The number of piperidine rings is 1. The van der Waals surface area contributed by atoms with Gasteiger partial charge < -0.3 is 24.4 Å². The van der Waals surface area contributed by atoms with Crippen molar-refractivity contribution in [3.63, 3.8) is 0 Å². The number of anilines is 3. The predicted octanol–water partition coefficient (Wildman–Crippen LogP) is 6.91. The van der Waals surface area contributed by atoms with Crippen molar-refractivity contribution in [2.45, 2.75) is 53.2 Å². The molecular weight excluding hydrogens is 549 g/mol. The summed E-state index contributed by atoms with van der Waals surface area (Å²) in [5.41, 5.74) is 1.28. The van der Waals surface area contributed by atoms with Crippen LogP contribution in [0.25, 0.3) is 0 Å². The first-order valence-corrected chi connectivity index (χ1v) is 14.9. The molecule has 10 heteroatoms. The van der Waals surface area contributed by atoms with Crippen molar-refractivity contribution in [2.24, 2.45) is 17.8 Å². The molecule has 43 heavy (non-hydrogen) atoms. The van der Waals surface area contributed by atoms with Crippen molar-refractivity contribution in [1.29, 1.82) is 0 Å². The maximum Gasteiger partial charge on any atom is 0.416 e. The molecule has 1 N–H and O–H groups in total. The monoisotopic (exact) mass is 593 g/mol. The maximum atomic E-state index is 15.0. The molecule has 0 radical (unpaired) electrons. The van der Waals surface area contributed by atoms with E-state index < -0.39 is 11.9 Å². The minimum Gasteiger partial charge on any atom is -0.497 e. The standard InChI is InChI=1S/C33H44FN5O4/c1-22(2)31(23(3)4)39(33(40)43-20-24-9-7-11-27(17-24)41-6)30-14-15-35-32(37-30)36-26-12-13-29(28(34)18-26)42-21-25-10-8-16-38(5)19-25/h7,9,11-15,17-18,22-23,25,31H,8,10,16,19-21H2,1-6H3,(H,35,36,37). The van der Waals surface area contributed by atoms with Gasteiger partial charge in [0, 0.05) is 36.5 Å². The molecule has 2 aromatic carbocycles. The number of carbonyl (C=O) groups is 1. The Morgan fingerprint density at radius 1 is 1.14 bits per heavy atom. The molecule has 0 bridgehead atoms. The first-order valence-electron chi connectivity index (χ1n) is 14.9. The first-order chi connectivity index (χ1) is 20.6. The van der Waals surface area contributed by atoms with Crippen LogP contribution in [0.4, 0.5) is 26.6 Å². The number of methoxy groups -OCH3 is 1. The SMILES string of the molecule is COc1cccc(COC(=O)N(c2ccnc(Nc3ccc(OCC4CCCN(C)C4)c(F)c3)n2)C(C(C)C)C(C)C)c1. The summed E-state index contributed by atoms with van der Waals surface area (Å²) < 4.78 is 31.8. The molecule has 0 saturated carbocycles. The summed E-state index contributed by atoms with van der Waals surface area (Å²) in [5.74, 6) is 1.68. The number of hydrogen-bond donors (Lipinski definition) is 1. The molecule has 0 spiro atoms. The van der Waals surface area contributed by atoms with Crippen molar-refractivity contribution >= 4 is 23.5 Å². The molecule has 0 aliphatic carbocycles. The highest BCUT2D eigenvalue weighted by atomic mass is 19.1. The van der Waals surface area contributed by atoms with Gasteiger partial charge in [0.15, 0.2) is 11.6 Å². The van der Waals surface area contributed by atoms with Crippen molar-refractivity contribution in [3.05, 3.63) is 66.1 Å². The van der Waals surface area contributed by atoms with Gasteiger partial charge in [-0.1, -0.05) is 39.8 Å². The Bertz CT molecular complexity index is 1350. The van der Waals surface area contributed by atoms with Crippen LogP contribution >= 0.6 is 0 Å². The number of amides is 1. The van der Waals surface area contributed by atoms with Crippen LogP contribution < -0.4 is 19.7 Å². The van der Waals surface area contributed by atoms with E-state index in [1.807, 2.05) is 24.3 Å². The highest BCUT2D eigenvalue weighted by Gasteiger charge is 2.33. The van der Waals surface area contributed by atoms with Crippen molar-refractivity contribution in [1.82, 2.24) is 14.9 Å². The third-order valence-electron chi connectivity index (χ3n) is 7.63. The fraction of sp³-hybridized carbons (Fsp3) is 0.485. The summed E-state index contributed by atoms with van der Waals surface area (Å²) in [6, 6.07) is 13.6. The number of nitrogens with one attached hydrogen (secondary N) is 1. The van der Waals surface area contributed by atoms with Gasteiger partial charge in [-0.25, -0.2) is 14.2 Å². The Hall–Kier alpha value is -3.92. The van der Waals surface area contributed by atoms with Crippen LogP contribution in [0, 0.1) is 23.6 Å². The number of halogens is 1. The quantitative estimate of drug-likeness (QED) is 0.242. The Labute approximate surface area is 254 Å². The van der Waals surface area contributed by atoms with E-state index in [9.17, 15) is 9.18 Å². The smallest absolute Gasteiger partial charge is 0.416 e. The van der Waals surface area contributed by atoms with Crippen LogP contribution in [-0.4, -0.2) is 60.9 Å². The van der Waals surface area contributed by atoms with Crippen LogP contribution in [0.3, 0.4) is 0 Å². The van der Waals surface area contributed by atoms with E-state index in [4.69, 9.17) is 14.2 Å². The van der Waals surface area contributed by atoms with Gasteiger partial charge >= 0.3 is 6.09 Å². The number of hydrogen-bond acceptors (Lipinski definition) is 8. The van der Waals surface area contributed by atoms with Crippen molar-refractivity contribution in [2.75, 3.05) is 44.1 Å². The van der Waals surface area contributed by atoms with Gasteiger partial charge in [-0.15, -0.1) is 0 Å². The molecule has 1 aliphatic rings. The number of rotatable bonds is 12. The molecule has 1 saturated heterocycles. The Kier molecular flexibility index (Phi) is 11.2. The summed E-state index contributed by atoms with van der Waals surface area (Å²) in [4.78, 5) is 26.4. The number of ether oxygens (including phenoxy) is 3. The largest absolute Gasteiger partial charge is 0.497 e. The van der Waals surface area contributed by atoms with Crippen LogP contribution in [0.15, 0.2) is 54.7 Å². The van der Waals surface area contributed by atoms with Gasteiger partial charge in [0.05, 0.1) is 13.7 Å². The van der Waals surface area contributed by atoms with Crippen LogP contribution in [0.5, 0.6) is 11.5 Å². The molecular formula is C33H44FN5O4. The van der Waals surface area contributed by atoms with Crippen molar-refractivity contribution < 1.29 is 23.4 Å². The second-order valence-electron chi connectivity index (χ2n) is 11.8. The van der Waals surface area contributed by atoms with Gasteiger partial charge in [-0.2, -0.15) is 4.98 Å². The highest BCUT2D eigenvalue weighted by molar-refractivity contribution is 5.87. The van der Waals surface area contributed by atoms with Crippen LogP contribution in [-0.2, 0) is 11.3 Å². The summed E-state index contributed by atoms with van der Waals surface area (Å²) >= 11 is 0. The van der Waals surface area contributed by atoms with Gasteiger partial charge in [-0.05, 0) is 74.2 Å². The van der Waals surface area contributed by atoms with Crippen molar-refractivity contribution in [3.8, 4) is 11.5 Å². The zero-order valence-corrected chi connectivity index (χ0v) is 26.0. The van der Waals surface area contributed by atoms with E-state index in [1.54, 1.807) is 36.4 Å². The third-order valence-corrected chi connectivity index (χ3v) is 7.63. The zero-order valence-electron chi connectivity index (χ0n) is 26.0. The fourth-order valence-corrected chi connectivity index (χ4v) is 5.70. The van der Waals surface area contributed by atoms with Crippen LogP contribution in [0.2, 0.25) is 0 Å². The Morgan fingerprint density at radius 2 is 1.93 bits per heavy atom. The number of carbonyl (C=O) groups excluding carboxylic acids is 1. The highest BCUT2D eigenvalue weighted by Crippen LogP contribution is 2.29. The van der Waals surface area contributed by atoms with E-state index in [0.29, 0.717) is 29.8 Å². The average Bonchev–Trinajstić information content (AvgIpc) is 2.98. The predicted molar refractivity (Wildman–Crippen MR) is 167 cm³/mol. The molecule has 1 fully saturated rings. The van der Waals surface area contributed by atoms with E-state index in [1.165, 1.54) is 6.07 Å². The molecule has 232 valence electrons. The molecule has 1 aliphatic heterocycles. The Morgan fingerprint density at radius 3 is 2.63 bits per heavy atom. The molecule has 4 rings (SSSR count). The molecule has 9 nitrogen and oxygen atoms in total. The second-order valence-corrected chi connectivity index (χ2v) is 11.8. The minimum absolute atomic E-state index is 0.0801. The van der Waals surface area contributed by atoms with Gasteiger partial charge in [0.25, 0.3) is 0 Å². The van der Waals surface area contributed by atoms with Gasteiger partial charge in [0.1, 0.15) is 18.2 Å². The second kappa shape index (κ2) is 15.0. The van der Waals surface area contributed by atoms with E-state index in [0.717, 1.165) is 31.5 Å². The average molecular weight is 594 g/mol. The lowest BCUT2D eigenvalue weighted by atomic mass is 9.92. The lowest BCUT2D eigenvalue weighted by molar-refractivity contribution is 0.139. The van der Waals surface area contributed by atoms with Gasteiger partial charge in [0.2, 0.25) is 5.95 Å². The Balaban J connectivity index is 1.49. The molecule has 1 atom stereocenters. The molecule has 1 amide bonds. The third kappa shape index (κ3) is 8.79. The molecule has 2 heterocycles. The minimum atomic E-state index is -0.517. The summed E-state index contributed by atoms with van der Waals surface area (Å²) in [6.45, 7) is 10.9. The summed E-state index contributed by atoms with van der Waals surface area (Å²) in [6.07, 6.45) is 3.26. The lowest BCUT2D eigenvalue weighted by Gasteiger charge is -2.35. The summed E-state index contributed by atoms with van der Waals surface area (Å²) in [5, 5.41) is 3.07. The normalized spacial score (nSPS) is 15.5.